The van der Waals surface area contributed by atoms with Gasteiger partial charge in [-0.3, -0.25) is 0 Å². The van der Waals surface area contributed by atoms with Gasteiger partial charge in [0.15, 0.2) is 0 Å². The van der Waals surface area contributed by atoms with Crippen molar-refractivity contribution in [1.82, 2.24) is 0 Å². The van der Waals surface area contributed by atoms with Crippen molar-refractivity contribution in [3.8, 4) is 0 Å². The Kier molecular flexibility index (Phi) is 6.24. The van der Waals surface area contributed by atoms with Crippen LogP contribution in [0.25, 0.3) is 0 Å². The first-order valence-electron chi connectivity index (χ1n) is 4.63. The third-order valence-corrected chi connectivity index (χ3v) is 3.60. The molecule has 0 bridgehead atoms. The summed E-state index contributed by atoms with van der Waals surface area (Å²) in [5.74, 6) is 1.51. The third-order valence-electron chi connectivity index (χ3n) is 2.22. The summed E-state index contributed by atoms with van der Waals surface area (Å²) in [6.45, 7) is 6.60. The predicted molar refractivity (Wildman–Crippen MR) is 58.8 cm³/mol. The first-order chi connectivity index (χ1) is 5.52. The van der Waals surface area contributed by atoms with Crippen molar-refractivity contribution >= 4 is 22.1 Å². The zero-order valence-corrected chi connectivity index (χ0v) is 11.4. The van der Waals surface area contributed by atoms with Gasteiger partial charge in [-0.2, -0.15) is 0 Å². The smallest absolute Gasteiger partial charge is 0.146 e. The van der Waals surface area contributed by atoms with Gasteiger partial charge in [-0.15, -0.1) is 11.6 Å². The van der Waals surface area contributed by atoms with Crippen LogP contribution in [0.3, 0.4) is 0 Å². The standard InChI is InChI=1S/C9H21ClOSi/c1-8(5-4-6-10)7-9(2,3)11-12/h8H,4-7H2,1-3,12H3. The molecule has 0 aromatic rings. The van der Waals surface area contributed by atoms with Crippen molar-refractivity contribution in [2.45, 2.75) is 45.6 Å². The summed E-state index contributed by atoms with van der Waals surface area (Å²) < 4.78 is 5.49. The first-order valence-corrected chi connectivity index (χ1v) is 5.98. The van der Waals surface area contributed by atoms with Gasteiger partial charge in [-0.25, -0.2) is 0 Å². The average Bonchev–Trinajstić information content (AvgIpc) is 2.00. The van der Waals surface area contributed by atoms with Gasteiger partial charge < -0.3 is 4.43 Å². The Hall–Kier alpha value is 0.467. The van der Waals surface area contributed by atoms with Gasteiger partial charge in [0.25, 0.3) is 0 Å². The first kappa shape index (κ1) is 12.5. The molecule has 0 aliphatic carbocycles. The molecule has 0 radical (unpaired) electrons. The van der Waals surface area contributed by atoms with E-state index in [-0.39, 0.29) is 5.60 Å². The Balaban J connectivity index is 3.60. The van der Waals surface area contributed by atoms with E-state index in [9.17, 15) is 0 Å². The molecule has 1 nitrogen and oxygen atoms in total. The molecule has 0 heterocycles. The maximum Gasteiger partial charge on any atom is 0.146 e. The molecule has 0 N–H and O–H groups in total. The lowest BCUT2D eigenvalue weighted by Crippen LogP contribution is -2.25. The topological polar surface area (TPSA) is 9.23 Å². The van der Waals surface area contributed by atoms with Crippen LogP contribution in [0.1, 0.15) is 40.0 Å². The lowest BCUT2D eigenvalue weighted by atomic mass is 9.92. The van der Waals surface area contributed by atoms with Gasteiger partial charge in [0.1, 0.15) is 10.5 Å². The molecule has 12 heavy (non-hydrogen) atoms. The van der Waals surface area contributed by atoms with E-state index in [1.807, 2.05) is 0 Å². The third kappa shape index (κ3) is 6.04. The Labute approximate surface area is 84.4 Å². The monoisotopic (exact) mass is 208 g/mol. The molecule has 0 aliphatic heterocycles. The molecule has 1 atom stereocenters. The maximum absolute atomic E-state index is 5.63. The van der Waals surface area contributed by atoms with Crippen LogP contribution in [0.2, 0.25) is 0 Å². The molecular weight excluding hydrogens is 188 g/mol. The molecule has 0 aromatic carbocycles. The van der Waals surface area contributed by atoms with Crippen LogP contribution in [0.15, 0.2) is 0 Å². The fourth-order valence-electron chi connectivity index (χ4n) is 1.45. The van der Waals surface area contributed by atoms with Gasteiger partial charge >= 0.3 is 0 Å². The van der Waals surface area contributed by atoms with E-state index < -0.39 is 0 Å². The molecule has 0 saturated heterocycles. The van der Waals surface area contributed by atoms with Gasteiger partial charge in [0, 0.05) is 11.5 Å². The van der Waals surface area contributed by atoms with Crippen molar-refractivity contribution in [3.63, 3.8) is 0 Å². The van der Waals surface area contributed by atoms with Crippen LogP contribution < -0.4 is 0 Å². The van der Waals surface area contributed by atoms with E-state index in [0.717, 1.165) is 35.1 Å². The van der Waals surface area contributed by atoms with E-state index in [1.165, 1.54) is 6.42 Å². The van der Waals surface area contributed by atoms with Crippen LogP contribution in [0, 0.1) is 5.92 Å². The van der Waals surface area contributed by atoms with Crippen molar-refractivity contribution < 1.29 is 4.43 Å². The molecule has 1 unspecified atom stereocenters. The van der Waals surface area contributed by atoms with E-state index in [2.05, 4.69) is 20.8 Å². The van der Waals surface area contributed by atoms with Gasteiger partial charge in [-0.05, 0) is 39.0 Å². The van der Waals surface area contributed by atoms with Gasteiger partial charge in [-0.1, -0.05) is 6.92 Å². The largest absolute Gasteiger partial charge is 0.423 e. The summed E-state index contributed by atoms with van der Waals surface area (Å²) >= 11 is 5.63. The van der Waals surface area contributed by atoms with Crippen LogP contribution >= 0.6 is 11.6 Å². The van der Waals surface area contributed by atoms with E-state index in [0.29, 0.717) is 0 Å². The molecule has 3 heteroatoms. The number of hydrogen-bond donors (Lipinski definition) is 0. The molecule has 0 saturated carbocycles. The highest BCUT2D eigenvalue weighted by molar-refractivity contribution is 6.17. The fraction of sp³-hybridized carbons (Fsp3) is 1.00. The summed E-state index contributed by atoms with van der Waals surface area (Å²) in [6, 6.07) is 0. The van der Waals surface area contributed by atoms with E-state index in [4.69, 9.17) is 16.0 Å². The van der Waals surface area contributed by atoms with E-state index in [1.54, 1.807) is 0 Å². The van der Waals surface area contributed by atoms with Gasteiger partial charge in [0.05, 0.1) is 0 Å². The van der Waals surface area contributed by atoms with E-state index >= 15 is 0 Å². The van der Waals surface area contributed by atoms with Gasteiger partial charge in [0.2, 0.25) is 0 Å². The molecule has 0 aromatic heterocycles. The number of rotatable bonds is 6. The lowest BCUT2D eigenvalue weighted by Gasteiger charge is -2.27. The highest BCUT2D eigenvalue weighted by Crippen LogP contribution is 2.22. The second-order valence-electron chi connectivity index (χ2n) is 4.10. The average molecular weight is 209 g/mol. The van der Waals surface area contributed by atoms with Crippen LogP contribution in [-0.4, -0.2) is 22.0 Å². The lowest BCUT2D eigenvalue weighted by molar-refractivity contribution is 0.0922. The fourth-order valence-corrected chi connectivity index (χ4v) is 1.77. The predicted octanol–water partition coefficient (Wildman–Crippen LogP) is 2.11. The number of alkyl halides is 1. The minimum absolute atomic E-state index is 0.0813. The molecule has 0 rings (SSSR count). The zero-order valence-electron chi connectivity index (χ0n) is 8.69. The molecule has 0 spiro atoms. The normalized spacial score (nSPS) is 15.0. The number of hydrogen-bond acceptors (Lipinski definition) is 1. The Morgan fingerprint density at radius 1 is 1.50 bits per heavy atom. The highest BCUT2D eigenvalue weighted by Gasteiger charge is 2.18. The van der Waals surface area contributed by atoms with Crippen LogP contribution in [0.4, 0.5) is 0 Å². The van der Waals surface area contributed by atoms with Crippen molar-refractivity contribution in [2.75, 3.05) is 5.88 Å². The minimum Gasteiger partial charge on any atom is -0.423 e. The maximum atomic E-state index is 5.63. The zero-order chi connectivity index (χ0) is 9.61. The van der Waals surface area contributed by atoms with Crippen LogP contribution in [0.5, 0.6) is 0 Å². The van der Waals surface area contributed by atoms with Crippen LogP contribution in [-0.2, 0) is 4.43 Å². The Morgan fingerprint density at radius 2 is 2.08 bits per heavy atom. The summed E-state index contributed by atoms with van der Waals surface area (Å²) in [7, 11) is 0.832. The quantitative estimate of drug-likeness (QED) is 0.480. The summed E-state index contributed by atoms with van der Waals surface area (Å²) in [6.07, 6.45) is 3.49. The molecule has 0 amide bonds. The molecular formula is C9H21ClOSi. The summed E-state index contributed by atoms with van der Waals surface area (Å²) in [4.78, 5) is 0. The Morgan fingerprint density at radius 3 is 2.50 bits per heavy atom. The molecule has 74 valence electrons. The molecule has 0 fully saturated rings. The van der Waals surface area contributed by atoms with Crippen molar-refractivity contribution in [3.05, 3.63) is 0 Å². The number of halogens is 1. The van der Waals surface area contributed by atoms with Crippen molar-refractivity contribution in [1.29, 1.82) is 0 Å². The summed E-state index contributed by atoms with van der Waals surface area (Å²) in [5, 5.41) is 0. The summed E-state index contributed by atoms with van der Waals surface area (Å²) in [5.41, 5.74) is 0.0813. The SMILES string of the molecule is CC(CCCCl)CC(C)(C)O[SiH3]. The highest BCUT2D eigenvalue weighted by atomic mass is 35.5. The minimum atomic E-state index is 0.0813. The molecule has 0 aliphatic rings. The second kappa shape index (κ2) is 6.00. The van der Waals surface area contributed by atoms with Crippen molar-refractivity contribution in [2.24, 2.45) is 5.92 Å². The second-order valence-corrected chi connectivity index (χ2v) is 4.89. The Bertz CT molecular complexity index is 117.